The second kappa shape index (κ2) is 6.13. The molecule has 0 aromatic heterocycles. The van der Waals surface area contributed by atoms with E-state index in [0.717, 1.165) is 11.6 Å². The number of hydrogen-bond acceptors (Lipinski definition) is 2. The molecular weight excluding hydrogens is 335 g/mol. The minimum atomic E-state index is 0.699. The van der Waals surface area contributed by atoms with Crippen LogP contribution in [0.1, 0.15) is 39.0 Å². The molecule has 1 saturated carbocycles. The maximum Gasteiger partial charge on any atom is 0.0503 e. The number of nitrogens with two attached hydrogens (primary N) is 1. The normalized spacial score (nSPS) is 23.9. The maximum absolute atomic E-state index is 5.82. The summed E-state index contributed by atoms with van der Waals surface area (Å²) in [6.45, 7) is 2.32. The van der Waals surface area contributed by atoms with E-state index in [9.17, 15) is 0 Å². The minimum Gasteiger partial charge on any atom is -0.399 e. The molecule has 1 aromatic carbocycles. The van der Waals surface area contributed by atoms with Crippen molar-refractivity contribution >= 4 is 34.0 Å². The van der Waals surface area contributed by atoms with Crippen LogP contribution in [-0.2, 0) is 0 Å². The summed E-state index contributed by atoms with van der Waals surface area (Å²) in [5.74, 6) is 0.958. The Hall–Kier alpha value is -0.450. The summed E-state index contributed by atoms with van der Waals surface area (Å²) in [4.78, 5) is 2.45. The lowest BCUT2D eigenvalue weighted by Gasteiger charge is -2.36. The summed E-state index contributed by atoms with van der Waals surface area (Å²) >= 11 is 2.39. The molecule has 18 heavy (non-hydrogen) atoms. The first-order valence-corrected chi connectivity index (χ1v) is 7.97. The number of benzene rings is 1. The lowest BCUT2D eigenvalue weighted by Crippen LogP contribution is -2.35. The zero-order valence-electron chi connectivity index (χ0n) is 11.3. The van der Waals surface area contributed by atoms with Gasteiger partial charge in [-0.25, -0.2) is 0 Å². The van der Waals surface area contributed by atoms with E-state index in [0.29, 0.717) is 6.04 Å². The summed E-state index contributed by atoms with van der Waals surface area (Å²) in [5, 5.41) is 0. The van der Waals surface area contributed by atoms with Gasteiger partial charge in [0, 0.05) is 22.3 Å². The molecule has 1 aliphatic carbocycles. The van der Waals surface area contributed by atoms with Gasteiger partial charge in [-0.3, -0.25) is 0 Å². The fourth-order valence-corrected chi connectivity index (χ4v) is 3.87. The lowest BCUT2D eigenvalue weighted by molar-refractivity contribution is 0.313. The number of hydrogen-bond donors (Lipinski definition) is 1. The average Bonchev–Trinajstić information content (AvgIpc) is 2.38. The molecular formula is C15H23IN2. The van der Waals surface area contributed by atoms with Crippen LogP contribution in [0.5, 0.6) is 0 Å². The van der Waals surface area contributed by atoms with Crippen molar-refractivity contribution in [1.29, 1.82) is 0 Å². The fraction of sp³-hybridized carbons (Fsp3) is 0.600. The zero-order valence-corrected chi connectivity index (χ0v) is 13.5. The van der Waals surface area contributed by atoms with Gasteiger partial charge in [-0.1, -0.05) is 13.3 Å². The summed E-state index contributed by atoms with van der Waals surface area (Å²) in [7, 11) is 2.23. The largest absolute Gasteiger partial charge is 0.399 e. The second-order valence-electron chi connectivity index (χ2n) is 5.40. The Kier molecular flexibility index (Phi) is 4.76. The number of nitrogen functional groups attached to an aromatic ring is 1. The van der Waals surface area contributed by atoms with Gasteiger partial charge in [0.25, 0.3) is 0 Å². The van der Waals surface area contributed by atoms with Crippen LogP contribution in [0.4, 0.5) is 11.4 Å². The summed E-state index contributed by atoms with van der Waals surface area (Å²) < 4.78 is 1.26. The van der Waals surface area contributed by atoms with Crippen LogP contribution in [0, 0.1) is 9.49 Å². The molecule has 0 saturated heterocycles. The summed E-state index contributed by atoms with van der Waals surface area (Å²) in [6, 6.07) is 6.92. The molecule has 0 aliphatic heterocycles. The van der Waals surface area contributed by atoms with Crippen LogP contribution in [0.3, 0.4) is 0 Å². The van der Waals surface area contributed by atoms with Crippen molar-refractivity contribution in [2.75, 3.05) is 17.7 Å². The highest BCUT2D eigenvalue weighted by molar-refractivity contribution is 14.1. The lowest BCUT2D eigenvalue weighted by atomic mass is 9.84. The van der Waals surface area contributed by atoms with Gasteiger partial charge in [-0.2, -0.15) is 0 Å². The van der Waals surface area contributed by atoms with Crippen molar-refractivity contribution in [1.82, 2.24) is 0 Å². The fourth-order valence-electron chi connectivity index (χ4n) is 2.95. The monoisotopic (exact) mass is 358 g/mol. The van der Waals surface area contributed by atoms with Crippen LogP contribution in [0.2, 0.25) is 0 Å². The van der Waals surface area contributed by atoms with Crippen molar-refractivity contribution in [2.24, 2.45) is 5.92 Å². The Labute approximate surface area is 124 Å². The van der Waals surface area contributed by atoms with Gasteiger partial charge in [0.15, 0.2) is 0 Å². The molecule has 0 heterocycles. The topological polar surface area (TPSA) is 29.3 Å². The van der Waals surface area contributed by atoms with Gasteiger partial charge < -0.3 is 10.6 Å². The molecule has 0 radical (unpaired) electrons. The minimum absolute atomic E-state index is 0.699. The van der Waals surface area contributed by atoms with Crippen LogP contribution in [0.15, 0.2) is 18.2 Å². The van der Waals surface area contributed by atoms with Crippen LogP contribution >= 0.6 is 22.6 Å². The smallest absolute Gasteiger partial charge is 0.0503 e. The standard InChI is InChI=1S/C15H23IN2/c1-3-11-4-7-13(8-5-11)18(2)15-9-6-12(17)10-14(15)16/h6,9-11,13H,3-5,7-8,17H2,1-2H3. The predicted octanol–water partition coefficient (Wildman–Crippen LogP) is 4.28. The molecule has 1 aromatic rings. The quantitative estimate of drug-likeness (QED) is 0.646. The molecule has 1 fully saturated rings. The van der Waals surface area contributed by atoms with Gasteiger partial charge in [-0.05, 0) is 72.4 Å². The number of anilines is 2. The van der Waals surface area contributed by atoms with Crippen molar-refractivity contribution in [3.8, 4) is 0 Å². The number of nitrogens with zero attached hydrogens (tertiary/aromatic N) is 1. The average molecular weight is 358 g/mol. The van der Waals surface area contributed by atoms with E-state index < -0.39 is 0 Å². The zero-order chi connectivity index (χ0) is 13.1. The van der Waals surface area contributed by atoms with Gasteiger partial charge in [0.05, 0.1) is 5.69 Å². The van der Waals surface area contributed by atoms with Crippen LogP contribution in [-0.4, -0.2) is 13.1 Å². The molecule has 0 atom stereocenters. The Morgan fingerprint density at radius 3 is 2.50 bits per heavy atom. The third kappa shape index (κ3) is 3.11. The molecule has 3 heteroatoms. The second-order valence-corrected chi connectivity index (χ2v) is 6.57. The first-order chi connectivity index (χ1) is 8.61. The van der Waals surface area contributed by atoms with Gasteiger partial charge in [0.1, 0.15) is 0 Å². The molecule has 0 unspecified atom stereocenters. The van der Waals surface area contributed by atoms with Gasteiger partial charge >= 0.3 is 0 Å². The van der Waals surface area contributed by atoms with Crippen molar-refractivity contribution in [2.45, 2.75) is 45.1 Å². The SMILES string of the molecule is CCC1CCC(N(C)c2ccc(N)cc2I)CC1. The van der Waals surface area contributed by atoms with E-state index in [2.05, 4.69) is 53.6 Å². The van der Waals surface area contributed by atoms with E-state index in [-0.39, 0.29) is 0 Å². The molecule has 2 rings (SSSR count). The number of halogens is 1. The van der Waals surface area contributed by atoms with E-state index in [1.54, 1.807) is 0 Å². The Bertz CT molecular complexity index is 397. The Morgan fingerprint density at radius 2 is 1.94 bits per heavy atom. The first-order valence-electron chi connectivity index (χ1n) is 6.89. The first kappa shape index (κ1) is 14.0. The molecule has 100 valence electrons. The van der Waals surface area contributed by atoms with Crippen LogP contribution < -0.4 is 10.6 Å². The summed E-state index contributed by atoms with van der Waals surface area (Å²) in [5.41, 5.74) is 8.00. The highest BCUT2D eigenvalue weighted by Gasteiger charge is 2.24. The number of rotatable bonds is 3. The third-order valence-corrected chi connectivity index (χ3v) is 5.16. The molecule has 1 aliphatic rings. The Balaban J connectivity index is 2.05. The molecule has 0 spiro atoms. The third-order valence-electron chi connectivity index (χ3n) is 4.29. The van der Waals surface area contributed by atoms with E-state index in [4.69, 9.17) is 5.73 Å². The van der Waals surface area contributed by atoms with Gasteiger partial charge in [0.2, 0.25) is 0 Å². The van der Waals surface area contributed by atoms with E-state index in [1.165, 1.54) is 41.4 Å². The van der Waals surface area contributed by atoms with E-state index in [1.807, 2.05) is 6.07 Å². The van der Waals surface area contributed by atoms with Gasteiger partial charge in [-0.15, -0.1) is 0 Å². The van der Waals surface area contributed by atoms with Crippen LogP contribution in [0.25, 0.3) is 0 Å². The van der Waals surface area contributed by atoms with Crippen molar-refractivity contribution < 1.29 is 0 Å². The highest BCUT2D eigenvalue weighted by Crippen LogP contribution is 2.33. The molecule has 0 amide bonds. The maximum atomic E-state index is 5.82. The predicted molar refractivity (Wildman–Crippen MR) is 88.0 cm³/mol. The van der Waals surface area contributed by atoms with Crippen molar-refractivity contribution in [3.63, 3.8) is 0 Å². The Morgan fingerprint density at radius 1 is 1.28 bits per heavy atom. The summed E-state index contributed by atoms with van der Waals surface area (Å²) in [6.07, 6.45) is 6.77. The molecule has 2 N–H and O–H groups in total. The molecule has 0 bridgehead atoms. The molecule has 2 nitrogen and oxygen atoms in total. The van der Waals surface area contributed by atoms with E-state index >= 15 is 0 Å². The highest BCUT2D eigenvalue weighted by atomic mass is 127. The van der Waals surface area contributed by atoms with Crippen molar-refractivity contribution in [3.05, 3.63) is 21.8 Å².